The molecule has 0 aromatic carbocycles. The summed E-state index contributed by atoms with van der Waals surface area (Å²) in [5, 5.41) is 6.00. The van der Waals surface area contributed by atoms with E-state index in [2.05, 4.69) is 10.6 Å². The monoisotopic (exact) mass is 267 g/mol. The van der Waals surface area contributed by atoms with Crippen LogP contribution in [0.1, 0.15) is 39.0 Å². The molecule has 2 saturated heterocycles. The van der Waals surface area contributed by atoms with E-state index in [4.69, 9.17) is 0 Å². The Kier molecular flexibility index (Phi) is 3.89. The third-order valence-corrected chi connectivity index (χ3v) is 4.07. The summed E-state index contributed by atoms with van der Waals surface area (Å²) in [7, 11) is 1.46. The molecule has 3 amide bonds. The first-order valence-corrected chi connectivity index (χ1v) is 6.80. The van der Waals surface area contributed by atoms with E-state index >= 15 is 0 Å². The lowest BCUT2D eigenvalue weighted by Crippen LogP contribution is -2.61. The molecule has 2 aliphatic heterocycles. The van der Waals surface area contributed by atoms with Crippen molar-refractivity contribution in [1.29, 1.82) is 0 Å². The van der Waals surface area contributed by atoms with Crippen LogP contribution in [0, 0.1) is 0 Å². The molecular weight excluding hydrogens is 246 g/mol. The van der Waals surface area contributed by atoms with Gasteiger partial charge in [-0.05, 0) is 39.2 Å². The highest BCUT2D eigenvalue weighted by atomic mass is 16.2. The lowest BCUT2D eigenvalue weighted by Gasteiger charge is -2.36. The summed E-state index contributed by atoms with van der Waals surface area (Å²) in [6.45, 7) is 2.69. The zero-order valence-corrected chi connectivity index (χ0v) is 11.5. The maximum Gasteiger partial charge on any atom is 0.251 e. The molecule has 0 aromatic heterocycles. The van der Waals surface area contributed by atoms with Gasteiger partial charge in [0, 0.05) is 13.5 Å². The number of imide groups is 1. The molecule has 0 radical (unpaired) electrons. The number of amides is 3. The first kappa shape index (κ1) is 14.0. The number of nitrogens with zero attached hydrogens (tertiary/aromatic N) is 1. The van der Waals surface area contributed by atoms with E-state index in [0.29, 0.717) is 12.8 Å². The maximum atomic E-state index is 12.3. The Morgan fingerprint density at radius 3 is 2.79 bits per heavy atom. The molecule has 2 heterocycles. The van der Waals surface area contributed by atoms with Gasteiger partial charge in [0.2, 0.25) is 11.8 Å². The molecule has 0 saturated carbocycles. The molecule has 0 aromatic rings. The SMILES string of the molecule is CN1C(=O)CCC(NC(=O)C2(C)CCCCN2)C1=O. The van der Waals surface area contributed by atoms with Crippen molar-refractivity contribution in [2.45, 2.75) is 50.6 Å². The number of piperidine rings is 2. The van der Waals surface area contributed by atoms with Gasteiger partial charge in [0.1, 0.15) is 6.04 Å². The highest BCUT2D eigenvalue weighted by molar-refractivity contribution is 6.02. The predicted octanol–water partition coefficient (Wildman–Crippen LogP) is -0.218. The van der Waals surface area contributed by atoms with Crippen molar-refractivity contribution in [2.75, 3.05) is 13.6 Å². The van der Waals surface area contributed by atoms with Crippen molar-refractivity contribution in [3.8, 4) is 0 Å². The highest BCUT2D eigenvalue weighted by Gasteiger charge is 2.39. The van der Waals surface area contributed by atoms with E-state index in [-0.39, 0.29) is 17.7 Å². The minimum absolute atomic E-state index is 0.145. The van der Waals surface area contributed by atoms with Crippen molar-refractivity contribution in [3.05, 3.63) is 0 Å². The molecule has 2 rings (SSSR count). The molecule has 0 bridgehead atoms. The van der Waals surface area contributed by atoms with Crippen molar-refractivity contribution >= 4 is 17.7 Å². The summed E-state index contributed by atoms with van der Waals surface area (Å²) in [6, 6.07) is -0.573. The molecule has 6 nitrogen and oxygen atoms in total. The van der Waals surface area contributed by atoms with Crippen LogP contribution in [0.4, 0.5) is 0 Å². The van der Waals surface area contributed by atoms with Crippen LogP contribution in [0.15, 0.2) is 0 Å². The number of hydrogen-bond donors (Lipinski definition) is 2. The molecule has 0 aliphatic carbocycles. The van der Waals surface area contributed by atoms with Gasteiger partial charge >= 0.3 is 0 Å². The van der Waals surface area contributed by atoms with Crippen molar-refractivity contribution in [1.82, 2.24) is 15.5 Å². The topological polar surface area (TPSA) is 78.5 Å². The van der Waals surface area contributed by atoms with Crippen LogP contribution in [-0.4, -0.2) is 47.8 Å². The fraction of sp³-hybridized carbons (Fsp3) is 0.769. The largest absolute Gasteiger partial charge is 0.343 e. The molecule has 6 heteroatoms. The summed E-state index contributed by atoms with van der Waals surface area (Å²) < 4.78 is 0. The minimum atomic E-state index is -0.599. The third-order valence-electron chi connectivity index (χ3n) is 4.07. The zero-order valence-electron chi connectivity index (χ0n) is 11.5. The second-order valence-electron chi connectivity index (χ2n) is 5.57. The van der Waals surface area contributed by atoms with Crippen LogP contribution in [-0.2, 0) is 14.4 Å². The van der Waals surface area contributed by atoms with Gasteiger partial charge in [0.25, 0.3) is 5.91 Å². The van der Waals surface area contributed by atoms with Gasteiger partial charge < -0.3 is 10.6 Å². The van der Waals surface area contributed by atoms with Crippen LogP contribution in [0.3, 0.4) is 0 Å². The van der Waals surface area contributed by atoms with Gasteiger partial charge in [0.15, 0.2) is 0 Å². The predicted molar refractivity (Wildman–Crippen MR) is 69.2 cm³/mol. The van der Waals surface area contributed by atoms with E-state index in [9.17, 15) is 14.4 Å². The summed E-state index contributed by atoms with van der Waals surface area (Å²) in [4.78, 5) is 36.7. The lowest BCUT2D eigenvalue weighted by molar-refractivity contribution is -0.150. The molecule has 2 N–H and O–H groups in total. The second-order valence-corrected chi connectivity index (χ2v) is 5.57. The van der Waals surface area contributed by atoms with Gasteiger partial charge in [0.05, 0.1) is 5.54 Å². The summed E-state index contributed by atoms with van der Waals surface area (Å²) in [5.41, 5.74) is -0.599. The summed E-state index contributed by atoms with van der Waals surface area (Å²) in [5.74, 6) is -0.644. The zero-order chi connectivity index (χ0) is 14.0. The second kappa shape index (κ2) is 5.28. The lowest BCUT2D eigenvalue weighted by atomic mass is 9.89. The first-order valence-electron chi connectivity index (χ1n) is 6.80. The smallest absolute Gasteiger partial charge is 0.251 e. The van der Waals surface area contributed by atoms with Crippen molar-refractivity contribution in [3.63, 3.8) is 0 Å². The summed E-state index contributed by atoms with van der Waals surface area (Å²) in [6.07, 6.45) is 3.55. The van der Waals surface area contributed by atoms with Crippen LogP contribution >= 0.6 is 0 Å². The average Bonchev–Trinajstić information content (AvgIpc) is 2.40. The van der Waals surface area contributed by atoms with Crippen LogP contribution in [0.2, 0.25) is 0 Å². The Hall–Kier alpha value is -1.43. The molecular formula is C13H21N3O3. The molecule has 2 fully saturated rings. The fourth-order valence-corrected chi connectivity index (χ4v) is 2.62. The van der Waals surface area contributed by atoms with Gasteiger partial charge in [-0.25, -0.2) is 0 Å². The molecule has 2 atom stereocenters. The number of likely N-dealkylation sites (tertiary alicyclic amines) is 1. The maximum absolute atomic E-state index is 12.3. The van der Waals surface area contributed by atoms with Crippen molar-refractivity contribution in [2.24, 2.45) is 0 Å². The van der Waals surface area contributed by atoms with Crippen LogP contribution < -0.4 is 10.6 Å². The molecule has 106 valence electrons. The van der Waals surface area contributed by atoms with Gasteiger partial charge in [-0.1, -0.05) is 0 Å². The Labute approximate surface area is 112 Å². The fourth-order valence-electron chi connectivity index (χ4n) is 2.62. The Morgan fingerprint density at radius 2 is 2.16 bits per heavy atom. The number of carbonyl (C=O) groups is 3. The van der Waals surface area contributed by atoms with Gasteiger partial charge in [-0.2, -0.15) is 0 Å². The van der Waals surface area contributed by atoms with E-state index in [1.165, 1.54) is 7.05 Å². The number of rotatable bonds is 2. The van der Waals surface area contributed by atoms with E-state index in [1.807, 2.05) is 6.92 Å². The number of hydrogen-bond acceptors (Lipinski definition) is 4. The minimum Gasteiger partial charge on any atom is -0.343 e. The molecule has 2 unspecified atom stereocenters. The molecule has 2 aliphatic rings. The number of nitrogens with one attached hydrogen (secondary N) is 2. The average molecular weight is 267 g/mol. The normalized spacial score (nSPS) is 32.3. The first-order chi connectivity index (χ1) is 8.94. The Morgan fingerprint density at radius 1 is 1.42 bits per heavy atom. The van der Waals surface area contributed by atoms with E-state index in [0.717, 1.165) is 30.7 Å². The summed E-state index contributed by atoms with van der Waals surface area (Å²) >= 11 is 0. The van der Waals surface area contributed by atoms with Gasteiger partial charge in [-0.3, -0.25) is 19.3 Å². The quantitative estimate of drug-likeness (QED) is 0.678. The van der Waals surface area contributed by atoms with E-state index < -0.39 is 11.6 Å². The number of likely N-dealkylation sites (N-methyl/N-ethyl adjacent to an activating group) is 1. The van der Waals surface area contributed by atoms with Crippen molar-refractivity contribution < 1.29 is 14.4 Å². The Balaban J connectivity index is 1.99. The van der Waals surface area contributed by atoms with Gasteiger partial charge in [-0.15, -0.1) is 0 Å². The Bertz CT molecular complexity index is 402. The van der Waals surface area contributed by atoms with E-state index in [1.54, 1.807) is 0 Å². The standard InChI is InChI=1S/C13H21N3O3/c1-13(7-3-4-8-14-13)12(19)15-9-5-6-10(17)16(2)11(9)18/h9,14H,3-8H2,1-2H3,(H,15,19). The molecule has 19 heavy (non-hydrogen) atoms. The third kappa shape index (κ3) is 2.78. The molecule has 0 spiro atoms. The van der Waals surface area contributed by atoms with Crippen LogP contribution in [0.25, 0.3) is 0 Å². The highest BCUT2D eigenvalue weighted by Crippen LogP contribution is 2.20. The number of carbonyl (C=O) groups excluding carboxylic acids is 3. The van der Waals surface area contributed by atoms with Crippen LogP contribution in [0.5, 0.6) is 0 Å².